The molecule has 0 spiro atoms. The van der Waals surface area contributed by atoms with E-state index in [9.17, 15) is 4.79 Å². The first-order chi connectivity index (χ1) is 8.74. The van der Waals surface area contributed by atoms with Crippen molar-refractivity contribution >= 4 is 16.7 Å². The van der Waals surface area contributed by atoms with Crippen LogP contribution in [0, 0.1) is 11.8 Å². The Morgan fingerprint density at radius 3 is 2.39 bits per heavy atom. The first kappa shape index (κ1) is 13.8. The van der Waals surface area contributed by atoms with Crippen molar-refractivity contribution in [3.8, 4) is 6.57 Å². The molecule has 1 aromatic carbocycles. The van der Waals surface area contributed by atoms with E-state index in [-0.39, 0.29) is 5.63 Å². The number of anilines is 1. The summed E-state index contributed by atoms with van der Waals surface area (Å²) in [5.41, 5.74) is 1.44. The summed E-state index contributed by atoms with van der Waals surface area (Å²) in [6, 6.07) is 9.18. The van der Waals surface area contributed by atoms with Crippen LogP contribution in [0.25, 0.3) is 11.0 Å². The van der Waals surface area contributed by atoms with Gasteiger partial charge in [-0.1, -0.05) is 0 Å². The molecule has 18 heavy (non-hydrogen) atoms. The molecule has 0 aliphatic rings. The maximum atomic E-state index is 11.1. The Labute approximate surface area is 106 Å². The third-order valence-corrected chi connectivity index (χ3v) is 2.74. The van der Waals surface area contributed by atoms with Crippen molar-refractivity contribution in [2.75, 3.05) is 18.0 Å². The topological polar surface area (TPSA) is 57.2 Å². The normalized spacial score (nSPS) is 9.56. The second kappa shape index (κ2) is 6.45. The van der Waals surface area contributed by atoms with Gasteiger partial charge in [0.15, 0.2) is 0 Å². The second-order valence-electron chi connectivity index (χ2n) is 3.65. The molecule has 2 aromatic rings. The fourth-order valence-electron chi connectivity index (χ4n) is 1.83. The molecule has 0 N–H and O–H groups in total. The zero-order chi connectivity index (χ0) is 13.5. The van der Waals surface area contributed by atoms with Gasteiger partial charge in [-0.3, -0.25) is 0 Å². The van der Waals surface area contributed by atoms with Crippen LogP contribution >= 0.6 is 0 Å². The molecule has 4 nitrogen and oxygen atoms in total. The fraction of sp³-hybridized carbons (Fsp3) is 0.286. The lowest BCUT2D eigenvalue weighted by atomic mass is 10.2. The van der Waals surface area contributed by atoms with Crippen molar-refractivity contribution in [3.05, 3.63) is 40.8 Å². The van der Waals surface area contributed by atoms with Crippen molar-refractivity contribution in [2.24, 2.45) is 0 Å². The Bertz CT molecular complexity index is 583. The van der Waals surface area contributed by atoms with E-state index in [0.717, 1.165) is 24.2 Å². The second-order valence-corrected chi connectivity index (χ2v) is 3.65. The standard InChI is InChI=1S/C13H15NO2.CHN/c1-3-14(4-2)11-7-5-10-6-8-13(15)16-12(10)9-11;1-2/h5-9H,3-4H2,1-2H3;1H. The SMILES string of the molecule is C#N.CCN(CC)c1ccc2ccc(=O)oc2c1. The minimum Gasteiger partial charge on any atom is -0.423 e. The molecule has 4 heteroatoms. The highest BCUT2D eigenvalue weighted by atomic mass is 16.4. The number of nitriles is 1. The summed E-state index contributed by atoms with van der Waals surface area (Å²) >= 11 is 0. The number of nitrogens with zero attached hydrogens (tertiary/aromatic N) is 2. The Morgan fingerprint density at radius 1 is 1.17 bits per heavy atom. The van der Waals surface area contributed by atoms with E-state index in [1.54, 1.807) is 6.07 Å². The number of fused-ring (bicyclic) bond motifs is 1. The Morgan fingerprint density at radius 2 is 1.78 bits per heavy atom. The monoisotopic (exact) mass is 244 g/mol. The molecule has 2 rings (SSSR count). The molecule has 0 aliphatic heterocycles. The first-order valence-corrected chi connectivity index (χ1v) is 5.79. The quantitative estimate of drug-likeness (QED) is 0.779. The van der Waals surface area contributed by atoms with Crippen LogP contribution in [0.1, 0.15) is 13.8 Å². The largest absolute Gasteiger partial charge is 0.423 e. The van der Waals surface area contributed by atoms with Crippen molar-refractivity contribution < 1.29 is 4.42 Å². The van der Waals surface area contributed by atoms with Gasteiger partial charge in [0.1, 0.15) is 5.58 Å². The van der Waals surface area contributed by atoms with Crippen LogP contribution < -0.4 is 10.5 Å². The molecule has 0 atom stereocenters. The van der Waals surface area contributed by atoms with Crippen LogP contribution in [-0.4, -0.2) is 13.1 Å². The van der Waals surface area contributed by atoms with Gasteiger partial charge < -0.3 is 9.32 Å². The molecule has 1 aromatic heterocycles. The number of hydrogen-bond donors (Lipinski definition) is 0. The smallest absolute Gasteiger partial charge is 0.336 e. The highest BCUT2D eigenvalue weighted by Crippen LogP contribution is 2.20. The minimum atomic E-state index is -0.302. The maximum Gasteiger partial charge on any atom is 0.336 e. The maximum absolute atomic E-state index is 11.1. The molecule has 1 heterocycles. The summed E-state index contributed by atoms with van der Waals surface area (Å²) in [6.07, 6.45) is 0. The summed E-state index contributed by atoms with van der Waals surface area (Å²) < 4.78 is 5.16. The van der Waals surface area contributed by atoms with E-state index in [0.29, 0.717) is 5.58 Å². The molecule has 0 saturated carbocycles. The van der Waals surface area contributed by atoms with Crippen LogP contribution in [0.5, 0.6) is 0 Å². The van der Waals surface area contributed by atoms with Crippen molar-refractivity contribution in [3.63, 3.8) is 0 Å². The van der Waals surface area contributed by atoms with Crippen LogP contribution in [0.2, 0.25) is 0 Å². The molecule has 0 bridgehead atoms. The van der Waals surface area contributed by atoms with Crippen LogP contribution in [0.4, 0.5) is 5.69 Å². The summed E-state index contributed by atoms with van der Waals surface area (Å²) in [7, 11) is 0. The highest BCUT2D eigenvalue weighted by Gasteiger charge is 2.04. The number of hydrogen-bond acceptors (Lipinski definition) is 4. The van der Waals surface area contributed by atoms with Crippen LogP contribution in [0.3, 0.4) is 0 Å². The fourth-order valence-corrected chi connectivity index (χ4v) is 1.83. The van der Waals surface area contributed by atoms with Gasteiger partial charge in [-0.2, -0.15) is 0 Å². The van der Waals surface area contributed by atoms with E-state index in [4.69, 9.17) is 9.68 Å². The third kappa shape index (κ3) is 2.89. The number of benzene rings is 1. The predicted molar refractivity (Wildman–Crippen MR) is 72.7 cm³/mol. The summed E-state index contributed by atoms with van der Waals surface area (Å²) in [5.74, 6) is 0. The average molecular weight is 244 g/mol. The van der Waals surface area contributed by atoms with Gasteiger partial charge in [-0.15, -0.1) is 0 Å². The first-order valence-electron chi connectivity index (χ1n) is 5.79. The predicted octanol–water partition coefficient (Wildman–Crippen LogP) is 2.78. The lowest BCUT2D eigenvalue weighted by molar-refractivity contribution is 0.561. The van der Waals surface area contributed by atoms with Gasteiger partial charge in [0.05, 0.1) is 0 Å². The Balaban J connectivity index is 0.000000771. The molecule has 0 unspecified atom stereocenters. The van der Waals surface area contributed by atoms with Crippen LogP contribution in [-0.2, 0) is 0 Å². The van der Waals surface area contributed by atoms with E-state index in [1.807, 2.05) is 12.1 Å². The molecule has 0 aliphatic carbocycles. The molecule has 94 valence electrons. The average Bonchev–Trinajstić information content (AvgIpc) is 2.42. The zero-order valence-corrected chi connectivity index (χ0v) is 10.6. The Hall–Kier alpha value is -2.28. The zero-order valence-electron chi connectivity index (χ0n) is 10.6. The Kier molecular flexibility index (Phi) is 4.94. The third-order valence-electron chi connectivity index (χ3n) is 2.74. The molecular weight excluding hydrogens is 228 g/mol. The van der Waals surface area contributed by atoms with Crippen molar-refractivity contribution in [1.82, 2.24) is 0 Å². The van der Waals surface area contributed by atoms with E-state index >= 15 is 0 Å². The lowest BCUT2D eigenvalue weighted by Gasteiger charge is -2.20. The van der Waals surface area contributed by atoms with Gasteiger partial charge in [0.25, 0.3) is 0 Å². The van der Waals surface area contributed by atoms with Gasteiger partial charge in [0, 0.05) is 42.9 Å². The van der Waals surface area contributed by atoms with E-state index < -0.39 is 0 Å². The van der Waals surface area contributed by atoms with Crippen LogP contribution in [0.15, 0.2) is 39.5 Å². The molecule has 0 fully saturated rings. The van der Waals surface area contributed by atoms with Crippen molar-refractivity contribution in [2.45, 2.75) is 13.8 Å². The molecule has 0 radical (unpaired) electrons. The summed E-state index contributed by atoms with van der Waals surface area (Å²) in [4.78, 5) is 13.3. The highest BCUT2D eigenvalue weighted by molar-refractivity contribution is 5.80. The molecular formula is C14H16N2O2. The van der Waals surface area contributed by atoms with Gasteiger partial charge in [-0.25, -0.2) is 10.1 Å². The number of rotatable bonds is 3. The van der Waals surface area contributed by atoms with Gasteiger partial charge in [0.2, 0.25) is 0 Å². The molecule has 0 saturated heterocycles. The van der Waals surface area contributed by atoms with Gasteiger partial charge in [-0.05, 0) is 32.0 Å². The molecule has 0 amide bonds. The lowest BCUT2D eigenvalue weighted by Crippen LogP contribution is -2.21. The van der Waals surface area contributed by atoms with E-state index in [2.05, 4.69) is 31.4 Å². The summed E-state index contributed by atoms with van der Waals surface area (Å²) in [5, 5.41) is 7.45. The summed E-state index contributed by atoms with van der Waals surface area (Å²) in [6.45, 7) is 9.60. The minimum absolute atomic E-state index is 0.302. The van der Waals surface area contributed by atoms with E-state index in [1.165, 1.54) is 6.07 Å². The van der Waals surface area contributed by atoms with Crippen molar-refractivity contribution in [1.29, 1.82) is 5.26 Å². The van der Waals surface area contributed by atoms with Gasteiger partial charge >= 0.3 is 5.63 Å².